The fraction of sp³-hybridized carbons (Fsp3) is 0.250. The normalized spacial score (nSPS) is 20.7. The zero-order valence-corrected chi connectivity index (χ0v) is 25.3. The summed E-state index contributed by atoms with van der Waals surface area (Å²) in [5, 5.41) is 0.665. The van der Waals surface area contributed by atoms with E-state index in [4.69, 9.17) is 14.2 Å². The molecule has 47 heavy (non-hydrogen) atoms. The Bertz CT molecular complexity index is 1900. The fourth-order valence-corrected chi connectivity index (χ4v) is 6.19. The molecule has 0 spiro atoms. The molecule has 1 unspecified atom stereocenters. The van der Waals surface area contributed by atoms with Crippen LogP contribution in [0.25, 0.3) is 11.0 Å². The molecule has 4 atom stereocenters. The van der Waals surface area contributed by atoms with Gasteiger partial charge >= 0.3 is 11.9 Å². The number of carbonyl (C=O) groups is 3. The maximum absolute atomic E-state index is 16.8. The van der Waals surface area contributed by atoms with Crippen LogP contribution < -0.4 is 4.90 Å². The van der Waals surface area contributed by atoms with Crippen LogP contribution in [0.1, 0.15) is 49.1 Å². The molecule has 11 heteroatoms. The molecule has 3 aromatic carbocycles. The van der Waals surface area contributed by atoms with Crippen molar-refractivity contribution in [3.05, 3.63) is 126 Å². The predicted molar refractivity (Wildman–Crippen MR) is 170 cm³/mol. The number of aromatic nitrogens is 3. The number of hydrogen-bond donors (Lipinski definition) is 0. The smallest absolute Gasteiger partial charge is 0.338 e. The summed E-state index contributed by atoms with van der Waals surface area (Å²) in [6, 6.07) is 24.7. The van der Waals surface area contributed by atoms with Crippen LogP contribution in [0.3, 0.4) is 0 Å². The summed E-state index contributed by atoms with van der Waals surface area (Å²) >= 11 is 0. The van der Waals surface area contributed by atoms with Gasteiger partial charge in [0.05, 0.1) is 29.2 Å². The first-order valence-electron chi connectivity index (χ1n) is 15.4. The van der Waals surface area contributed by atoms with E-state index < -0.39 is 36.4 Å². The van der Waals surface area contributed by atoms with Gasteiger partial charge in [0.25, 0.3) is 5.91 Å². The highest BCUT2D eigenvalue weighted by atomic mass is 19.1. The average molecular weight is 635 g/mol. The van der Waals surface area contributed by atoms with Gasteiger partial charge in [0, 0.05) is 18.3 Å². The number of halogens is 1. The van der Waals surface area contributed by atoms with E-state index in [1.807, 2.05) is 24.4 Å². The number of ether oxygens (including phenoxy) is 3. The third-order valence-electron chi connectivity index (χ3n) is 8.54. The standard InChI is InChI=1S/C36H31FN4O6/c37-30-27(41-19-26-17-10-18-40(32-29(26)33(41)39-22-38-32)34(42)23-11-4-1-5-12-23)20-45-28(21-46-35(43)24-13-6-2-7-14-24)31(30)47-36(44)25-15-8-3-9-16-25/h1-9,11-16,19,22,27-28,30-31H,10,17-18,20-21H2/t27-,28-,30-,31?/m1/s1. The van der Waals surface area contributed by atoms with Gasteiger partial charge in [0.15, 0.2) is 12.3 Å². The van der Waals surface area contributed by atoms with Gasteiger partial charge in [-0.15, -0.1) is 0 Å². The molecular weight excluding hydrogens is 603 g/mol. The Hall–Kier alpha value is -5.42. The molecule has 2 aromatic heterocycles. The summed E-state index contributed by atoms with van der Waals surface area (Å²) in [6.45, 7) is 0.0329. The van der Waals surface area contributed by atoms with Crippen LogP contribution in [0.5, 0.6) is 0 Å². The molecule has 1 fully saturated rings. The van der Waals surface area contributed by atoms with Crippen LogP contribution in [0.4, 0.5) is 10.2 Å². The number of nitrogens with zero attached hydrogens (tertiary/aromatic N) is 4. The van der Waals surface area contributed by atoms with E-state index in [9.17, 15) is 14.4 Å². The van der Waals surface area contributed by atoms with Crippen molar-refractivity contribution in [2.75, 3.05) is 24.7 Å². The lowest BCUT2D eigenvalue weighted by Crippen LogP contribution is -2.52. The highest BCUT2D eigenvalue weighted by Gasteiger charge is 2.46. The summed E-state index contributed by atoms with van der Waals surface area (Å²) in [7, 11) is 0. The van der Waals surface area contributed by atoms with Crippen LogP contribution in [-0.2, 0) is 20.6 Å². The van der Waals surface area contributed by atoms with Gasteiger partial charge in [-0.1, -0.05) is 54.6 Å². The molecule has 238 valence electrons. The molecule has 0 bridgehead atoms. The van der Waals surface area contributed by atoms with Crippen LogP contribution in [0.15, 0.2) is 104 Å². The van der Waals surface area contributed by atoms with Gasteiger partial charge in [-0.2, -0.15) is 0 Å². The Balaban J connectivity index is 1.20. The van der Waals surface area contributed by atoms with Crippen molar-refractivity contribution in [3.8, 4) is 0 Å². The predicted octanol–water partition coefficient (Wildman–Crippen LogP) is 5.38. The number of aryl methyl sites for hydroxylation is 1. The van der Waals surface area contributed by atoms with E-state index in [2.05, 4.69) is 9.97 Å². The first-order valence-corrected chi connectivity index (χ1v) is 15.4. The lowest BCUT2D eigenvalue weighted by molar-refractivity contribution is -0.152. The zero-order valence-electron chi connectivity index (χ0n) is 25.3. The Morgan fingerprint density at radius 3 is 2.17 bits per heavy atom. The van der Waals surface area contributed by atoms with Crippen LogP contribution in [0, 0.1) is 0 Å². The zero-order chi connectivity index (χ0) is 32.3. The monoisotopic (exact) mass is 634 g/mol. The summed E-state index contributed by atoms with van der Waals surface area (Å²) in [5.41, 5.74) is 2.44. The minimum Gasteiger partial charge on any atom is -0.459 e. The van der Waals surface area contributed by atoms with Gasteiger partial charge in [-0.25, -0.2) is 23.9 Å². The first-order chi connectivity index (χ1) is 23.0. The number of anilines is 1. The molecule has 0 N–H and O–H groups in total. The number of amides is 1. The molecule has 0 saturated carbocycles. The Morgan fingerprint density at radius 1 is 0.851 bits per heavy atom. The largest absolute Gasteiger partial charge is 0.459 e. The van der Waals surface area contributed by atoms with Gasteiger partial charge < -0.3 is 18.8 Å². The van der Waals surface area contributed by atoms with Crippen molar-refractivity contribution < 1.29 is 33.0 Å². The molecular formula is C36H31FN4O6. The number of alkyl halides is 1. The second-order valence-electron chi connectivity index (χ2n) is 11.5. The quantitative estimate of drug-likeness (QED) is 0.219. The van der Waals surface area contributed by atoms with Gasteiger partial charge in [0.2, 0.25) is 0 Å². The fourth-order valence-electron chi connectivity index (χ4n) is 6.19. The van der Waals surface area contributed by atoms with Crippen molar-refractivity contribution in [2.24, 2.45) is 0 Å². The van der Waals surface area contributed by atoms with Gasteiger partial charge in [-0.3, -0.25) is 9.69 Å². The molecule has 1 amide bonds. The summed E-state index contributed by atoms with van der Waals surface area (Å²) in [4.78, 5) is 50.1. The van der Waals surface area contributed by atoms with Crippen molar-refractivity contribution in [3.63, 3.8) is 0 Å². The van der Waals surface area contributed by atoms with Crippen LogP contribution >= 0.6 is 0 Å². The van der Waals surface area contributed by atoms with Gasteiger partial charge in [-0.05, 0) is 54.8 Å². The van der Waals surface area contributed by atoms with Crippen molar-refractivity contribution in [2.45, 2.75) is 37.3 Å². The minimum absolute atomic E-state index is 0.108. The second-order valence-corrected chi connectivity index (χ2v) is 11.5. The number of rotatable bonds is 7. The Labute approximate surface area is 269 Å². The molecule has 2 aliphatic heterocycles. The highest BCUT2D eigenvalue weighted by molar-refractivity contribution is 6.10. The maximum atomic E-state index is 16.8. The van der Waals surface area contributed by atoms with Crippen molar-refractivity contribution >= 4 is 34.7 Å². The summed E-state index contributed by atoms with van der Waals surface area (Å²) in [6.07, 6.45) is 0.249. The van der Waals surface area contributed by atoms with E-state index in [0.29, 0.717) is 47.4 Å². The Morgan fingerprint density at radius 2 is 1.49 bits per heavy atom. The van der Waals surface area contributed by atoms with Crippen LogP contribution in [0.2, 0.25) is 0 Å². The van der Waals surface area contributed by atoms with E-state index in [1.54, 1.807) is 82.3 Å². The van der Waals surface area contributed by atoms with Gasteiger partial charge in [0.1, 0.15) is 30.5 Å². The molecule has 5 aromatic rings. The van der Waals surface area contributed by atoms with E-state index >= 15 is 4.39 Å². The number of benzene rings is 3. The van der Waals surface area contributed by atoms with Crippen molar-refractivity contribution in [1.29, 1.82) is 0 Å². The third kappa shape index (κ3) is 5.97. The number of hydrogen-bond acceptors (Lipinski definition) is 8. The van der Waals surface area contributed by atoms with E-state index in [-0.39, 0.29) is 24.7 Å². The molecule has 1 saturated heterocycles. The van der Waals surface area contributed by atoms with Crippen LogP contribution in [-0.4, -0.2) is 70.5 Å². The lowest BCUT2D eigenvalue weighted by atomic mass is 9.99. The topological polar surface area (TPSA) is 113 Å². The summed E-state index contributed by atoms with van der Waals surface area (Å²) in [5.74, 6) is -1.06. The third-order valence-corrected chi connectivity index (χ3v) is 8.54. The van der Waals surface area contributed by atoms with E-state index in [0.717, 1.165) is 5.56 Å². The second kappa shape index (κ2) is 13.1. The van der Waals surface area contributed by atoms with Crippen molar-refractivity contribution in [1.82, 2.24) is 14.5 Å². The molecule has 7 rings (SSSR count). The summed E-state index contributed by atoms with van der Waals surface area (Å²) < 4.78 is 35.9. The molecule has 2 aliphatic rings. The number of carbonyl (C=O) groups excluding carboxylic acids is 3. The molecule has 0 radical (unpaired) electrons. The highest BCUT2D eigenvalue weighted by Crippen LogP contribution is 2.38. The number of esters is 2. The molecule has 0 aliphatic carbocycles. The first kappa shape index (κ1) is 30.2. The Kier molecular flexibility index (Phi) is 8.45. The SMILES string of the molecule is O=C(OC[C@H]1OC[C@@H](n2cc3c4c(ncnc42)N(C(=O)c2ccccc2)CCC3)[C@@H](F)C1OC(=O)c1ccccc1)c1ccccc1. The lowest BCUT2D eigenvalue weighted by Gasteiger charge is -2.38. The minimum atomic E-state index is -1.76. The molecule has 10 nitrogen and oxygen atoms in total. The molecule has 4 heterocycles. The van der Waals surface area contributed by atoms with E-state index in [1.165, 1.54) is 6.33 Å². The maximum Gasteiger partial charge on any atom is 0.338 e. The average Bonchev–Trinajstić information content (AvgIpc) is 3.38.